The minimum absolute atomic E-state index is 0.0277. The molecule has 0 fully saturated rings. The number of amides is 1. The summed E-state index contributed by atoms with van der Waals surface area (Å²) in [4.78, 5) is 22.0. The third kappa shape index (κ3) is 3.63. The van der Waals surface area contributed by atoms with Gasteiger partial charge in [-0.3, -0.25) is 14.9 Å². The number of nitrogens with zero attached hydrogens (tertiary/aromatic N) is 1. The van der Waals surface area contributed by atoms with Gasteiger partial charge in [0.2, 0.25) is 9.84 Å². The molecule has 132 valence electrons. The lowest BCUT2D eigenvalue weighted by atomic mass is 10.3. The molecule has 1 heterocycles. The zero-order valence-corrected chi connectivity index (χ0v) is 14.8. The molecule has 0 bridgehead atoms. The highest BCUT2D eigenvalue weighted by Crippen LogP contribution is 2.24. The Balaban J connectivity index is 1.80. The first-order valence-electron chi connectivity index (χ1n) is 7.31. The average Bonchev–Trinajstić information content (AvgIpc) is 3.17. The van der Waals surface area contributed by atoms with Crippen molar-refractivity contribution in [3.05, 3.63) is 81.0 Å². The summed E-state index contributed by atoms with van der Waals surface area (Å²) < 4.78 is 25.2. The van der Waals surface area contributed by atoms with Crippen LogP contribution in [0, 0.1) is 10.1 Å². The van der Waals surface area contributed by atoms with E-state index in [4.69, 9.17) is 0 Å². The lowest BCUT2D eigenvalue weighted by Crippen LogP contribution is -2.11. The smallest absolute Gasteiger partial charge is 0.269 e. The summed E-state index contributed by atoms with van der Waals surface area (Å²) >= 11 is 1.40. The lowest BCUT2D eigenvalue weighted by molar-refractivity contribution is -0.384. The fourth-order valence-electron chi connectivity index (χ4n) is 2.20. The highest BCUT2D eigenvalue weighted by molar-refractivity contribution is 7.91. The summed E-state index contributed by atoms with van der Waals surface area (Å²) in [5, 5.41) is 16.8. The zero-order chi connectivity index (χ0) is 18.7. The third-order valence-electron chi connectivity index (χ3n) is 3.56. The first kappa shape index (κ1) is 17.8. The van der Waals surface area contributed by atoms with Gasteiger partial charge in [-0.1, -0.05) is 0 Å². The number of nitro groups is 1. The van der Waals surface area contributed by atoms with Crippen molar-refractivity contribution in [2.45, 2.75) is 9.79 Å². The molecule has 0 saturated heterocycles. The van der Waals surface area contributed by atoms with Crippen LogP contribution in [0.5, 0.6) is 0 Å². The number of carbonyl (C=O) groups is 1. The number of non-ortho nitro benzene ring substituents is 1. The number of benzene rings is 2. The van der Waals surface area contributed by atoms with Crippen LogP contribution in [0.4, 0.5) is 11.4 Å². The second-order valence-corrected chi connectivity index (χ2v) is 7.97. The van der Waals surface area contributed by atoms with Crippen molar-refractivity contribution < 1.29 is 18.1 Å². The lowest BCUT2D eigenvalue weighted by Gasteiger charge is -2.07. The fourth-order valence-corrected chi connectivity index (χ4v) is 4.09. The molecule has 1 aromatic heterocycles. The number of carbonyl (C=O) groups excluding carboxylic acids is 1. The maximum absolute atomic E-state index is 12.6. The number of rotatable bonds is 5. The van der Waals surface area contributed by atoms with Gasteiger partial charge in [0.25, 0.3) is 11.6 Å². The van der Waals surface area contributed by atoms with E-state index in [1.54, 1.807) is 16.8 Å². The summed E-state index contributed by atoms with van der Waals surface area (Å²) in [7, 11) is -3.80. The van der Waals surface area contributed by atoms with Crippen LogP contribution in [0.2, 0.25) is 0 Å². The Kier molecular flexibility index (Phi) is 4.83. The number of thiophene rings is 1. The first-order chi connectivity index (χ1) is 12.4. The molecule has 0 atom stereocenters. The molecule has 1 N–H and O–H groups in total. The van der Waals surface area contributed by atoms with Gasteiger partial charge in [-0.2, -0.15) is 11.3 Å². The van der Waals surface area contributed by atoms with E-state index in [1.165, 1.54) is 47.7 Å². The maximum Gasteiger partial charge on any atom is 0.269 e. The van der Waals surface area contributed by atoms with E-state index in [1.807, 2.05) is 0 Å². The van der Waals surface area contributed by atoms with Crippen molar-refractivity contribution in [3.8, 4) is 0 Å². The zero-order valence-electron chi connectivity index (χ0n) is 13.2. The van der Waals surface area contributed by atoms with Gasteiger partial charge in [-0.25, -0.2) is 8.42 Å². The molecule has 0 aliphatic rings. The molecule has 9 heteroatoms. The van der Waals surface area contributed by atoms with E-state index in [9.17, 15) is 23.3 Å². The number of anilines is 1. The molecule has 0 unspecified atom stereocenters. The van der Waals surface area contributed by atoms with Crippen molar-refractivity contribution in [1.29, 1.82) is 0 Å². The van der Waals surface area contributed by atoms with Gasteiger partial charge in [-0.15, -0.1) is 0 Å². The molecule has 3 aromatic rings. The van der Waals surface area contributed by atoms with E-state index in [0.29, 0.717) is 11.3 Å². The molecule has 0 aliphatic carbocycles. The quantitative estimate of drug-likeness (QED) is 0.529. The highest BCUT2D eigenvalue weighted by atomic mass is 32.2. The summed E-state index contributed by atoms with van der Waals surface area (Å²) in [6.07, 6.45) is 0. The van der Waals surface area contributed by atoms with E-state index < -0.39 is 14.8 Å². The predicted molar refractivity (Wildman–Crippen MR) is 97.3 cm³/mol. The Hall–Kier alpha value is -3.04. The third-order valence-corrected chi connectivity index (χ3v) is 6.03. The minimum Gasteiger partial charge on any atom is -0.322 e. The molecule has 26 heavy (non-hydrogen) atoms. The van der Waals surface area contributed by atoms with Crippen LogP contribution in [-0.2, 0) is 9.84 Å². The number of nitrogens with one attached hydrogen (secondary N) is 1. The Labute approximate surface area is 153 Å². The van der Waals surface area contributed by atoms with Crippen LogP contribution in [0.15, 0.2) is 75.1 Å². The largest absolute Gasteiger partial charge is 0.322 e. The van der Waals surface area contributed by atoms with Gasteiger partial charge < -0.3 is 5.32 Å². The van der Waals surface area contributed by atoms with Gasteiger partial charge >= 0.3 is 0 Å². The Morgan fingerprint density at radius 3 is 2.04 bits per heavy atom. The summed E-state index contributed by atoms with van der Waals surface area (Å²) in [6.45, 7) is 0. The second-order valence-electron chi connectivity index (χ2n) is 5.24. The molecule has 7 nitrogen and oxygen atoms in total. The second kappa shape index (κ2) is 7.06. The summed E-state index contributed by atoms with van der Waals surface area (Å²) in [5.41, 5.74) is 0.803. The van der Waals surface area contributed by atoms with Gasteiger partial charge in [0.05, 0.1) is 20.3 Å². The molecule has 0 aliphatic heterocycles. The maximum atomic E-state index is 12.6. The Bertz CT molecular complexity index is 1040. The van der Waals surface area contributed by atoms with Crippen LogP contribution >= 0.6 is 11.3 Å². The Morgan fingerprint density at radius 1 is 0.962 bits per heavy atom. The predicted octanol–water partition coefficient (Wildman–Crippen LogP) is 3.74. The van der Waals surface area contributed by atoms with Crippen LogP contribution in [0.3, 0.4) is 0 Å². The molecular formula is C17H12N2O5S2. The molecule has 0 radical (unpaired) electrons. The molecule has 0 spiro atoms. The number of hydrogen-bond acceptors (Lipinski definition) is 6. The molecular weight excluding hydrogens is 376 g/mol. The summed E-state index contributed by atoms with van der Waals surface area (Å²) in [6, 6.07) is 12.1. The molecule has 2 aromatic carbocycles. The van der Waals surface area contributed by atoms with Crippen LogP contribution < -0.4 is 5.32 Å². The van der Waals surface area contributed by atoms with Gasteiger partial charge in [-0.05, 0) is 47.8 Å². The van der Waals surface area contributed by atoms with E-state index >= 15 is 0 Å². The van der Waals surface area contributed by atoms with Crippen molar-refractivity contribution in [2.75, 3.05) is 5.32 Å². The van der Waals surface area contributed by atoms with Crippen LogP contribution in [0.1, 0.15) is 10.4 Å². The SMILES string of the molecule is O=C(Nc1ccc(S(=O)(=O)c2ccc([N+](=O)[O-])cc2)cc1)c1ccsc1. The number of nitro benzene ring substituents is 1. The van der Waals surface area contributed by atoms with E-state index in [-0.39, 0.29) is 21.4 Å². The van der Waals surface area contributed by atoms with Crippen LogP contribution in [-0.4, -0.2) is 19.2 Å². The topological polar surface area (TPSA) is 106 Å². The van der Waals surface area contributed by atoms with E-state index in [0.717, 1.165) is 12.1 Å². The average molecular weight is 388 g/mol. The standard InChI is InChI=1S/C17H12N2O5S2/c20-17(12-9-10-25-11-12)18-13-1-5-15(6-2-13)26(23,24)16-7-3-14(4-8-16)19(21)22/h1-11H,(H,18,20). The molecule has 1 amide bonds. The van der Waals surface area contributed by atoms with Crippen LogP contribution in [0.25, 0.3) is 0 Å². The Morgan fingerprint density at radius 2 is 1.54 bits per heavy atom. The fraction of sp³-hybridized carbons (Fsp3) is 0. The van der Waals surface area contributed by atoms with E-state index in [2.05, 4.69) is 5.32 Å². The van der Waals surface area contributed by atoms with Crippen molar-refractivity contribution in [2.24, 2.45) is 0 Å². The van der Waals surface area contributed by atoms with Gasteiger partial charge in [0.1, 0.15) is 0 Å². The van der Waals surface area contributed by atoms with Crippen molar-refractivity contribution in [3.63, 3.8) is 0 Å². The normalized spacial score (nSPS) is 11.1. The summed E-state index contributed by atoms with van der Waals surface area (Å²) in [5.74, 6) is -0.280. The van der Waals surface area contributed by atoms with Crippen molar-refractivity contribution in [1.82, 2.24) is 0 Å². The molecule has 0 saturated carbocycles. The van der Waals surface area contributed by atoms with Gasteiger partial charge in [0.15, 0.2) is 0 Å². The van der Waals surface area contributed by atoms with Crippen molar-refractivity contribution >= 4 is 38.5 Å². The highest BCUT2D eigenvalue weighted by Gasteiger charge is 2.19. The van der Waals surface area contributed by atoms with Gasteiger partial charge in [0, 0.05) is 23.2 Å². The number of sulfone groups is 1. The minimum atomic E-state index is -3.80. The molecule has 3 rings (SSSR count). The first-order valence-corrected chi connectivity index (χ1v) is 9.74. The monoisotopic (exact) mass is 388 g/mol. The number of hydrogen-bond donors (Lipinski definition) is 1.